The quantitative estimate of drug-likeness (QED) is 0.772. The van der Waals surface area contributed by atoms with Crippen molar-refractivity contribution in [2.45, 2.75) is 58.5 Å². The molecule has 1 aliphatic carbocycles. The van der Waals surface area contributed by atoms with Crippen molar-refractivity contribution in [3.63, 3.8) is 0 Å². The third kappa shape index (κ3) is 6.95. The van der Waals surface area contributed by atoms with Crippen molar-refractivity contribution in [1.82, 2.24) is 0 Å². The first-order valence-electron chi connectivity index (χ1n) is 8.79. The first-order chi connectivity index (χ1) is 11.9. The summed E-state index contributed by atoms with van der Waals surface area (Å²) in [4.78, 5) is 34.7. The minimum absolute atomic E-state index is 0.00748. The summed E-state index contributed by atoms with van der Waals surface area (Å²) in [6, 6.07) is 6.81. The van der Waals surface area contributed by atoms with Crippen LogP contribution in [0.2, 0.25) is 0 Å². The highest BCUT2D eigenvalue weighted by atomic mass is 16.5. The number of carbonyl (C=O) groups excluding carboxylic acids is 3. The smallest absolute Gasteiger partial charge is 0.306 e. The van der Waals surface area contributed by atoms with Crippen LogP contribution in [0.15, 0.2) is 24.3 Å². The predicted molar refractivity (Wildman–Crippen MR) is 96.1 cm³/mol. The summed E-state index contributed by atoms with van der Waals surface area (Å²) >= 11 is 0. The van der Waals surface area contributed by atoms with E-state index < -0.39 is 0 Å². The molecule has 6 heteroatoms. The Morgan fingerprint density at radius 3 is 2.08 bits per heavy atom. The van der Waals surface area contributed by atoms with Gasteiger partial charge in [0.1, 0.15) is 6.10 Å². The zero-order valence-electron chi connectivity index (χ0n) is 14.8. The van der Waals surface area contributed by atoms with Gasteiger partial charge in [-0.3, -0.25) is 14.4 Å². The van der Waals surface area contributed by atoms with E-state index in [4.69, 9.17) is 4.74 Å². The van der Waals surface area contributed by atoms with E-state index in [1.165, 1.54) is 6.92 Å². The van der Waals surface area contributed by atoms with Gasteiger partial charge in [-0.25, -0.2) is 0 Å². The zero-order valence-corrected chi connectivity index (χ0v) is 14.8. The largest absolute Gasteiger partial charge is 0.462 e. The maximum Gasteiger partial charge on any atom is 0.306 e. The summed E-state index contributed by atoms with van der Waals surface area (Å²) in [6.07, 6.45) is 4.20. The Morgan fingerprint density at radius 1 is 0.960 bits per heavy atom. The van der Waals surface area contributed by atoms with Crippen molar-refractivity contribution < 1.29 is 19.1 Å². The van der Waals surface area contributed by atoms with Gasteiger partial charge in [-0.2, -0.15) is 0 Å². The summed E-state index contributed by atoms with van der Waals surface area (Å²) in [5.41, 5.74) is 1.28. The Bertz CT molecular complexity index is 604. The number of carbonyl (C=O) groups is 3. The van der Waals surface area contributed by atoms with Crippen LogP contribution in [0.5, 0.6) is 0 Å². The molecule has 0 aromatic heterocycles. The highest BCUT2D eigenvalue weighted by Crippen LogP contribution is 2.25. The molecule has 0 unspecified atom stereocenters. The third-order valence-corrected chi connectivity index (χ3v) is 4.31. The average Bonchev–Trinajstić information content (AvgIpc) is 2.56. The Balaban J connectivity index is 1.69. The van der Waals surface area contributed by atoms with Crippen molar-refractivity contribution in [3.8, 4) is 0 Å². The molecule has 2 rings (SSSR count). The number of rotatable bonds is 6. The Kier molecular flexibility index (Phi) is 6.98. The fourth-order valence-corrected chi connectivity index (χ4v) is 2.87. The van der Waals surface area contributed by atoms with Gasteiger partial charge in [0.15, 0.2) is 0 Å². The van der Waals surface area contributed by atoms with E-state index in [9.17, 15) is 14.4 Å². The Labute approximate surface area is 148 Å². The van der Waals surface area contributed by atoms with Gasteiger partial charge < -0.3 is 15.4 Å². The monoisotopic (exact) mass is 346 g/mol. The van der Waals surface area contributed by atoms with Crippen molar-refractivity contribution in [2.24, 2.45) is 5.92 Å². The predicted octanol–water partition coefficient (Wildman–Crippen LogP) is 3.49. The van der Waals surface area contributed by atoms with Gasteiger partial charge in [-0.1, -0.05) is 6.92 Å². The van der Waals surface area contributed by atoms with Crippen LogP contribution in [0.1, 0.15) is 52.4 Å². The SMILES string of the molecule is CC(=O)Nc1ccc(NC(=O)CCC(=O)OC2CCC(C)CC2)cc1. The van der Waals surface area contributed by atoms with Gasteiger partial charge in [-0.15, -0.1) is 0 Å². The van der Waals surface area contributed by atoms with E-state index in [1.54, 1.807) is 24.3 Å². The average molecular weight is 346 g/mol. The van der Waals surface area contributed by atoms with Crippen molar-refractivity contribution in [1.29, 1.82) is 0 Å². The molecule has 1 aliphatic rings. The molecule has 1 aromatic rings. The Morgan fingerprint density at radius 2 is 1.52 bits per heavy atom. The minimum Gasteiger partial charge on any atom is -0.462 e. The molecule has 0 saturated heterocycles. The van der Waals surface area contributed by atoms with Gasteiger partial charge in [0, 0.05) is 24.7 Å². The lowest BCUT2D eigenvalue weighted by atomic mass is 9.89. The number of hydrogen-bond donors (Lipinski definition) is 2. The van der Waals surface area contributed by atoms with Gasteiger partial charge in [0.05, 0.1) is 6.42 Å². The van der Waals surface area contributed by atoms with Gasteiger partial charge in [0.2, 0.25) is 11.8 Å². The maximum atomic E-state index is 11.9. The molecule has 0 radical (unpaired) electrons. The molecular formula is C19H26N2O4. The molecule has 2 N–H and O–H groups in total. The van der Waals surface area contributed by atoms with E-state index in [2.05, 4.69) is 17.6 Å². The van der Waals surface area contributed by atoms with Crippen LogP contribution in [-0.4, -0.2) is 23.9 Å². The summed E-state index contributed by atoms with van der Waals surface area (Å²) in [5, 5.41) is 5.38. The molecule has 0 bridgehead atoms. The molecule has 1 saturated carbocycles. The van der Waals surface area contributed by atoms with Crippen LogP contribution in [0.3, 0.4) is 0 Å². The first kappa shape index (κ1) is 19.0. The number of nitrogens with one attached hydrogen (secondary N) is 2. The number of benzene rings is 1. The van der Waals surface area contributed by atoms with E-state index in [0.717, 1.165) is 25.7 Å². The molecule has 1 aromatic carbocycles. The molecule has 2 amide bonds. The fraction of sp³-hybridized carbons (Fsp3) is 0.526. The highest BCUT2D eigenvalue weighted by molar-refractivity contribution is 5.93. The Hall–Kier alpha value is -2.37. The van der Waals surface area contributed by atoms with E-state index in [0.29, 0.717) is 17.3 Å². The van der Waals surface area contributed by atoms with E-state index in [1.807, 2.05) is 0 Å². The summed E-state index contributed by atoms with van der Waals surface area (Å²) < 4.78 is 5.43. The highest BCUT2D eigenvalue weighted by Gasteiger charge is 2.21. The normalized spacial score (nSPS) is 19.8. The number of esters is 1. The number of ether oxygens (including phenoxy) is 1. The number of anilines is 2. The maximum absolute atomic E-state index is 11.9. The van der Waals surface area contributed by atoms with Gasteiger partial charge >= 0.3 is 5.97 Å². The van der Waals surface area contributed by atoms with Crippen LogP contribution >= 0.6 is 0 Å². The summed E-state index contributed by atoms with van der Waals surface area (Å²) in [6.45, 7) is 3.65. The van der Waals surface area contributed by atoms with Gasteiger partial charge in [-0.05, 0) is 55.9 Å². The van der Waals surface area contributed by atoms with Gasteiger partial charge in [0.25, 0.3) is 0 Å². The lowest BCUT2D eigenvalue weighted by Crippen LogP contribution is -2.24. The lowest BCUT2D eigenvalue weighted by molar-refractivity contribution is -0.151. The van der Waals surface area contributed by atoms with Crippen LogP contribution in [0.4, 0.5) is 11.4 Å². The standard InChI is InChI=1S/C19H26N2O4/c1-13-3-9-17(10-4-13)25-19(24)12-11-18(23)21-16-7-5-15(6-8-16)20-14(2)22/h5-8,13,17H,3-4,9-12H2,1-2H3,(H,20,22)(H,21,23). The zero-order chi connectivity index (χ0) is 18.2. The molecule has 1 fully saturated rings. The second kappa shape index (κ2) is 9.20. The number of hydrogen-bond acceptors (Lipinski definition) is 4. The third-order valence-electron chi connectivity index (χ3n) is 4.31. The van der Waals surface area contributed by atoms with Crippen LogP contribution in [0.25, 0.3) is 0 Å². The molecule has 0 atom stereocenters. The minimum atomic E-state index is -0.310. The van der Waals surface area contributed by atoms with Crippen molar-refractivity contribution in [3.05, 3.63) is 24.3 Å². The summed E-state index contributed by atoms with van der Waals surface area (Å²) in [5.74, 6) is 0.0117. The second-order valence-electron chi connectivity index (χ2n) is 6.68. The summed E-state index contributed by atoms with van der Waals surface area (Å²) in [7, 11) is 0. The van der Waals surface area contributed by atoms with Crippen molar-refractivity contribution >= 4 is 29.2 Å². The van der Waals surface area contributed by atoms with Crippen LogP contribution < -0.4 is 10.6 Å². The topological polar surface area (TPSA) is 84.5 Å². The van der Waals surface area contributed by atoms with Crippen LogP contribution in [-0.2, 0) is 19.1 Å². The number of amides is 2. The van der Waals surface area contributed by atoms with Crippen molar-refractivity contribution in [2.75, 3.05) is 10.6 Å². The van der Waals surface area contributed by atoms with E-state index in [-0.39, 0.29) is 36.7 Å². The molecular weight excluding hydrogens is 320 g/mol. The molecule has 6 nitrogen and oxygen atoms in total. The lowest BCUT2D eigenvalue weighted by Gasteiger charge is -2.25. The molecule has 0 aliphatic heterocycles. The molecule has 0 heterocycles. The molecule has 25 heavy (non-hydrogen) atoms. The molecule has 136 valence electrons. The first-order valence-corrected chi connectivity index (χ1v) is 8.79. The molecule has 0 spiro atoms. The second-order valence-corrected chi connectivity index (χ2v) is 6.68. The van der Waals surface area contributed by atoms with E-state index >= 15 is 0 Å². The van der Waals surface area contributed by atoms with Crippen LogP contribution in [0, 0.1) is 5.92 Å². The fourth-order valence-electron chi connectivity index (χ4n) is 2.87.